The Kier molecular flexibility index (Phi) is 1.93. The van der Waals surface area contributed by atoms with E-state index in [-0.39, 0.29) is 5.25 Å². The zero-order valence-electron chi connectivity index (χ0n) is 8.35. The van der Waals surface area contributed by atoms with Crippen LogP contribution in [-0.4, -0.2) is 30.1 Å². The maximum Gasteiger partial charge on any atom is 0.217 e. The van der Waals surface area contributed by atoms with Gasteiger partial charge < -0.3 is 0 Å². The van der Waals surface area contributed by atoms with Crippen LogP contribution in [0.25, 0.3) is 0 Å². The highest BCUT2D eigenvalue weighted by Gasteiger charge is 2.49. The second kappa shape index (κ2) is 2.95. The van der Waals surface area contributed by atoms with Crippen molar-refractivity contribution < 1.29 is 8.42 Å². The van der Waals surface area contributed by atoms with Crippen LogP contribution in [0.3, 0.4) is 0 Å². The van der Waals surface area contributed by atoms with E-state index in [0.717, 1.165) is 38.5 Å². The molecule has 4 heteroatoms. The lowest BCUT2D eigenvalue weighted by Crippen LogP contribution is -2.45. The summed E-state index contributed by atoms with van der Waals surface area (Å²) in [7, 11) is -2.89. The number of nitrogens with zero attached hydrogens (tertiary/aromatic N) is 1. The summed E-state index contributed by atoms with van der Waals surface area (Å²) in [4.78, 5) is 0. The summed E-state index contributed by atoms with van der Waals surface area (Å²) in [6.45, 7) is 0. The predicted molar refractivity (Wildman–Crippen MR) is 54.4 cm³/mol. The number of piperidine rings is 1. The second-order valence-corrected chi connectivity index (χ2v) is 7.01. The lowest BCUT2D eigenvalue weighted by atomic mass is 10.1. The molecule has 1 aliphatic carbocycles. The zero-order valence-corrected chi connectivity index (χ0v) is 9.17. The molecule has 2 bridgehead atoms. The Bertz CT molecular complexity index is 318. The van der Waals surface area contributed by atoms with E-state index in [2.05, 4.69) is 0 Å². The van der Waals surface area contributed by atoms with Gasteiger partial charge in [-0.3, -0.25) is 0 Å². The minimum atomic E-state index is -2.89. The van der Waals surface area contributed by atoms with Crippen LogP contribution in [-0.2, 0) is 10.0 Å². The Morgan fingerprint density at radius 2 is 1.43 bits per heavy atom. The van der Waals surface area contributed by atoms with Crippen LogP contribution in [0.1, 0.15) is 44.9 Å². The van der Waals surface area contributed by atoms with Crippen LogP contribution in [0.15, 0.2) is 0 Å². The molecule has 14 heavy (non-hydrogen) atoms. The molecule has 2 unspecified atom stereocenters. The number of fused-ring (bicyclic) bond motifs is 2. The SMILES string of the molecule is O=S(=O)(C1CC1)N1C2CCCC1CC2. The largest absolute Gasteiger partial charge is 0.217 e. The number of hydrogen-bond acceptors (Lipinski definition) is 2. The average molecular weight is 215 g/mol. The van der Waals surface area contributed by atoms with E-state index in [4.69, 9.17) is 0 Å². The van der Waals surface area contributed by atoms with Crippen LogP contribution >= 0.6 is 0 Å². The summed E-state index contributed by atoms with van der Waals surface area (Å²) in [5.41, 5.74) is 0. The molecule has 3 rings (SSSR count). The van der Waals surface area contributed by atoms with Crippen molar-refractivity contribution >= 4 is 10.0 Å². The van der Waals surface area contributed by atoms with Gasteiger partial charge in [0.25, 0.3) is 0 Å². The van der Waals surface area contributed by atoms with E-state index in [0.29, 0.717) is 12.1 Å². The summed E-state index contributed by atoms with van der Waals surface area (Å²) in [5.74, 6) is 0. The van der Waals surface area contributed by atoms with E-state index >= 15 is 0 Å². The van der Waals surface area contributed by atoms with Gasteiger partial charge in [0, 0.05) is 12.1 Å². The minimum absolute atomic E-state index is 0.0105. The van der Waals surface area contributed by atoms with Crippen molar-refractivity contribution in [1.29, 1.82) is 0 Å². The molecule has 2 heterocycles. The molecule has 80 valence electrons. The summed E-state index contributed by atoms with van der Waals surface area (Å²) in [6.07, 6.45) is 7.45. The van der Waals surface area contributed by atoms with E-state index < -0.39 is 10.0 Å². The van der Waals surface area contributed by atoms with Crippen molar-refractivity contribution in [3.8, 4) is 0 Å². The number of rotatable bonds is 2. The number of sulfonamides is 1. The Labute approximate surface area is 85.5 Å². The molecule has 0 aromatic carbocycles. The maximum absolute atomic E-state index is 12.1. The highest BCUT2D eigenvalue weighted by Crippen LogP contribution is 2.42. The first kappa shape index (κ1) is 9.16. The fraction of sp³-hybridized carbons (Fsp3) is 1.00. The lowest BCUT2D eigenvalue weighted by Gasteiger charge is -2.33. The van der Waals surface area contributed by atoms with Gasteiger partial charge in [0.2, 0.25) is 10.0 Å². The molecule has 2 atom stereocenters. The second-order valence-electron chi connectivity index (χ2n) is 4.89. The van der Waals surface area contributed by atoms with Gasteiger partial charge in [0.05, 0.1) is 5.25 Å². The maximum atomic E-state index is 12.1. The molecule has 1 saturated carbocycles. The van der Waals surface area contributed by atoms with Crippen LogP contribution in [0.5, 0.6) is 0 Å². The Hall–Kier alpha value is -0.0900. The Morgan fingerprint density at radius 1 is 0.857 bits per heavy atom. The highest BCUT2D eigenvalue weighted by molar-refractivity contribution is 7.90. The third-order valence-corrected chi connectivity index (χ3v) is 6.36. The smallest absolute Gasteiger partial charge is 0.212 e. The summed E-state index contributed by atoms with van der Waals surface area (Å²) in [5, 5.41) is -0.0105. The Balaban J connectivity index is 1.90. The van der Waals surface area contributed by atoms with Crippen LogP contribution in [0.4, 0.5) is 0 Å². The third kappa shape index (κ3) is 1.23. The minimum Gasteiger partial charge on any atom is -0.212 e. The average Bonchev–Trinajstić information content (AvgIpc) is 2.94. The van der Waals surface area contributed by atoms with Gasteiger partial charge in [0.15, 0.2) is 0 Å². The summed E-state index contributed by atoms with van der Waals surface area (Å²) in [6, 6.07) is 0.721. The van der Waals surface area contributed by atoms with Gasteiger partial charge in [-0.2, -0.15) is 4.31 Å². The predicted octanol–water partition coefficient (Wildman–Crippen LogP) is 1.50. The van der Waals surface area contributed by atoms with E-state index in [1.165, 1.54) is 6.42 Å². The number of hydrogen-bond donors (Lipinski definition) is 0. The highest BCUT2D eigenvalue weighted by atomic mass is 32.2. The van der Waals surface area contributed by atoms with Crippen LogP contribution in [0, 0.1) is 0 Å². The molecular weight excluding hydrogens is 198 g/mol. The van der Waals surface area contributed by atoms with Gasteiger partial charge in [-0.05, 0) is 38.5 Å². The van der Waals surface area contributed by atoms with Crippen LogP contribution < -0.4 is 0 Å². The fourth-order valence-corrected chi connectivity index (χ4v) is 5.35. The van der Waals surface area contributed by atoms with Crippen molar-refractivity contribution in [2.75, 3.05) is 0 Å². The quantitative estimate of drug-likeness (QED) is 0.700. The van der Waals surface area contributed by atoms with Gasteiger partial charge in [-0.15, -0.1) is 0 Å². The molecule has 0 aromatic rings. The molecule has 3 nitrogen and oxygen atoms in total. The molecule has 2 aliphatic heterocycles. The van der Waals surface area contributed by atoms with Gasteiger partial charge >= 0.3 is 0 Å². The fourth-order valence-electron chi connectivity index (χ4n) is 3.02. The Morgan fingerprint density at radius 3 is 1.93 bits per heavy atom. The van der Waals surface area contributed by atoms with Crippen molar-refractivity contribution in [2.24, 2.45) is 0 Å². The van der Waals surface area contributed by atoms with Crippen molar-refractivity contribution in [3.63, 3.8) is 0 Å². The molecule has 0 spiro atoms. The third-order valence-electron chi connectivity index (χ3n) is 3.87. The normalized spacial score (nSPS) is 38.9. The molecule has 0 amide bonds. The molecule has 3 aliphatic rings. The first-order valence-corrected chi connectivity index (χ1v) is 7.22. The molecule has 3 fully saturated rings. The molecule has 0 N–H and O–H groups in total. The van der Waals surface area contributed by atoms with Gasteiger partial charge in [-0.1, -0.05) is 6.42 Å². The van der Waals surface area contributed by atoms with E-state index in [1.807, 2.05) is 4.31 Å². The van der Waals surface area contributed by atoms with Gasteiger partial charge in [0.1, 0.15) is 0 Å². The van der Waals surface area contributed by atoms with Crippen molar-refractivity contribution in [3.05, 3.63) is 0 Å². The monoisotopic (exact) mass is 215 g/mol. The van der Waals surface area contributed by atoms with E-state index in [9.17, 15) is 8.42 Å². The van der Waals surface area contributed by atoms with Crippen LogP contribution in [0.2, 0.25) is 0 Å². The molecular formula is C10H17NO2S. The van der Waals surface area contributed by atoms with Crippen molar-refractivity contribution in [2.45, 2.75) is 62.3 Å². The van der Waals surface area contributed by atoms with Crippen molar-refractivity contribution in [1.82, 2.24) is 4.31 Å². The molecule has 0 radical (unpaired) electrons. The molecule has 2 saturated heterocycles. The first-order valence-electron chi connectivity index (χ1n) is 5.72. The van der Waals surface area contributed by atoms with E-state index in [1.54, 1.807) is 0 Å². The summed E-state index contributed by atoms with van der Waals surface area (Å²) < 4.78 is 26.2. The lowest BCUT2D eigenvalue weighted by molar-refractivity contribution is 0.247. The molecule has 0 aromatic heterocycles. The summed E-state index contributed by atoms with van der Waals surface area (Å²) >= 11 is 0. The topological polar surface area (TPSA) is 37.4 Å². The first-order chi connectivity index (χ1) is 6.69. The standard InChI is InChI=1S/C10H17NO2S/c12-14(13,10-6-7-10)11-8-2-1-3-9(11)5-4-8/h8-10H,1-7H2. The zero-order chi connectivity index (χ0) is 9.76. The van der Waals surface area contributed by atoms with Gasteiger partial charge in [-0.25, -0.2) is 8.42 Å².